The predicted molar refractivity (Wildman–Crippen MR) is 220 cm³/mol. The molecule has 7 nitrogen and oxygen atoms in total. The van der Waals surface area contributed by atoms with Gasteiger partial charge in [0.15, 0.2) is 0 Å². The maximum atomic E-state index is 12.9. The third-order valence-corrected chi connectivity index (χ3v) is 11.5. The molecule has 4 aliphatic rings. The van der Waals surface area contributed by atoms with Crippen LogP contribution in [0.1, 0.15) is 118 Å². The van der Waals surface area contributed by atoms with Crippen molar-refractivity contribution in [3.8, 4) is 0 Å². The van der Waals surface area contributed by atoms with Crippen molar-refractivity contribution >= 4 is 65.9 Å². The molecule has 0 radical (unpaired) electrons. The number of ether oxygens (including phenoxy) is 1. The molecule has 2 heterocycles. The van der Waals surface area contributed by atoms with Gasteiger partial charge in [-0.15, -0.1) is 48.8 Å². The van der Waals surface area contributed by atoms with E-state index in [1.807, 2.05) is 46.4 Å². The number of halogens is 3. The topological polar surface area (TPSA) is 96.7 Å². The van der Waals surface area contributed by atoms with E-state index in [9.17, 15) is 9.00 Å². The second-order valence-electron chi connectivity index (χ2n) is 15.1. The van der Waals surface area contributed by atoms with Crippen LogP contribution in [-0.2, 0) is 28.6 Å². The number of amides is 1. The van der Waals surface area contributed by atoms with Crippen LogP contribution in [-0.4, -0.2) is 51.7 Å². The van der Waals surface area contributed by atoms with Gasteiger partial charge in [0.05, 0.1) is 21.8 Å². The van der Waals surface area contributed by atoms with Gasteiger partial charge in [-0.25, -0.2) is 13.7 Å². The summed E-state index contributed by atoms with van der Waals surface area (Å²) in [6, 6.07) is 17.5. The summed E-state index contributed by atoms with van der Waals surface area (Å²) < 4.78 is 21.6. The molecule has 2 saturated heterocycles. The van der Waals surface area contributed by atoms with E-state index in [1.54, 1.807) is 0 Å². The summed E-state index contributed by atoms with van der Waals surface area (Å²) >= 11 is 0. The number of benzene rings is 2. The van der Waals surface area contributed by atoms with E-state index in [-0.39, 0.29) is 93.4 Å². The van der Waals surface area contributed by atoms with Crippen molar-refractivity contribution in [2.45, 2.75) is 117 Å². The Morgan fingerprint density at radius 2 is 1.35 bits per heavy atom. The van der Waals surface area contributed by atoms with Gasteiger partial charge >= 0.3 is 6.09 Å². The molecule has 11 heteroatoms. The van der Waals surface area contributed by atoms with Gasteiger partial charge in [0.1, 0.15) is 5.60 Å². The van der Waals surface area contributed by atoms with Gasteiger partial charge in [-0.2, -0.15) is 0 Å². The molecule has 48 heavy (non-hydrogen) atoms. The summed E-state index contributed by atoms with van der Waals surface area (Å²) in [5.41, 5.74) is 11.7. The lowest BCUT2D eigenvalue weighted by Crippen LogP contribution is -2.49. The molecule has 2 aliphatic heterocycles. The summed E-state index contributed by atoms with van der Waals surface area (Å²) in [7, 11) is -1.15. The molecular weight excluding hydrogens is 778 g/mol. The summed E-state index contributed by atoms with van der Waals surface area (Å²) in [5, 5.41) is 3.43. The van der Waals surface area contributed by atoms with Crippen LogP contribution in [0.15, 0.2) is 48.5 Å². The Labute approximate surface area is 325 Å². The van der Waals surface area contributed by atoms with Crippen LogP contribution in [0, 0.1) is 10.8 Å². The zero-order valence-electron chi connectivity index (χ0n) is 28.2. The van der Waals surface area contributed by atoms with E-state index in [0.29, 0.717) is 18.5 Å². The van der Waals surface area contributed by atoms with E-state index < -0.39 is 16.6 Å². The van der Waals surface area contributed by atoms with E-state index in [2.05, 4.69) is 58.6 Å². The summed E-state index contributed by atoms with van der Waals surface area (Å²) in [6.45, 7) is 15.3. The molecule has 2 spiro atoms. The maximum absolute atomic E-state index is 12.9. The van der Waals surface area contributed by atoms with Gasteiger partial charge in [0.2, 0.25) is 0 Å². The van der Waals surface area contributed by atoms with Gasteiger partial charge in [-0.1, -0.05) is 63.4 Å². The fourth-order valence-electron chi connectivity index (χ4n) is 7.42. The zero-order valence-corrected chi connectivity index (χ0v) is 33.0. The van der Waals surface area contributed by atoms with Crippen LogP contribution >= 0.6 is 48.8 Å². The highest BCUT2D eigenvalue weighted by Gasteiger charge is 2.49. The van der Waals surface area contributed by atoms with Crippen molar-refractivity contribution in [1.29, 1.82) is 0 Å². The molecule has 3 atom stereocenters. The maximum Gasteiger partial charge on any atom is 0.410 e. The van der Waals surface area contributed by atoms with Gasteiger partial charge in [-0.05, 0) is 126 Å². The van der Waals surface area contributed by atoms with Crippen molar-refractivity contribution in [1.82, 2.24) is 14.9 Å². The summed E-state index contributed by atoms with van der Waals surface area (Å²) in [4.78, 5) is 14.3. The smallest absolute Gasteiger partial charge is 0.410 e. The molecule has 0 saturated carbocycles. The van der Waals surface area contributed by atoms with Gasteiger partial charge in [-0.3, -0.25) is 0 Å². The van der Waals surface area contributed by atoms with Gasteiger partial charge < -0.3 is 20.7 Å². The second kappa shape index (κ2) is 18.5. The van der Waals surface area contributed by atoms with Crippen molar-refractivity contribution in [2.75, 3.05) is 26.2 Å². The highest BCUT2D eigenvalue weighted by Crippen LogP contribution is 2.52. The standard InChI is InChI=1S/C22H34N2O3S.C13H18N2.2CH4.2ClH.HI.H2/c1-20(2,3)27-19(25)24-13-11-22(12-14-24)15-16-9-7-8-10-17(16)18(22)23-28(26)21(4,5)6;14-12-11-4-2-1-3-10(11)9-13(12)5-7-15-8-6-13;;;;;;/h7-10,18,23H,11-15H2,1-6H3;1-4,12,15H,5-9,14H2;2*1H4;4*1H/t18-,28-;12-;;;;;;/m11....../s1. The Bertz CT molecular complexity index is 1340. The summed E-state index contributed by atoms with van der Waals surface area (Å²) in [5.74, 6) is 0. The zero-order chi connectivity index (χ0) is 31.0. The molecule has 0 aromatic heterocycles. The fraction of sp³-hybridized carbons (Fsp3) is 0.649. The highest BCUT2D eigenvalue weighted by molar-refractivity contribution is 14.0. The molecule has 0 bridgehead atoms. The van der Waals surface area contributed by atoms with Crippen LogP contribution in [0.3, 0.4) is 0 Å². The number of nitrogens with one attached hydrogen (secondary N) is 2. The minimum absolute atomic E-state index is 0. The van der Waals surface area contributed by atoms with E-state index in [1.165, 1.54) is 41.5 Å². The predicted octanol–water partition coefficient (Wildman–Crippen LogP) is 8.95. The lowest BCUT2D eigenvalue weighted by atomic mass is 9.73. The number of hydrogen-bond acceptors (Lipinski definition) is 5. The van der Waals surface area contributed by atoms with Crippen molar-refractivity contribution < 1.29 is 15.2 Å². The first-order chi connectivity index (χ1) is 20.2. The van der Waals surface area contributed by atoms with Gasteiger partial charge in [0.25, 0.3) is 0 Å². The third kappa shape index (κ3) is 10.3. The number of nitrogens with zero attached hydrogens (tertiary/aromatic N) is 1. The number of carbonyl (C=O) groups excluding carboxylic acids is 1. The number of carbonyl (C=O) groups is 1. The summed E-state index contributed by atoms with van der Waals surface area (Å²) in [6.07, 6.45) is 6.11. The van der Waals surface area contributed by atoms with E-state index >= 15 is 0 Å². The van der Waals surface area contributed by atoms with Crippen LogP contribution in [0.5, 0.6) is 0 Å². The first-order valence-electron chi connectivity index (χ1n) is 16.0. The van der Waals surface area contributed by atoms with E-state index in [4.69, 9.17) is 10.5 Å². The van der Waals surface area contributed by atoms with Crippen LogP contribution in [0.25, 0.3) is 0 Å². The molecule has 6 rings (SSSR count). The molecule has 2 aromatic rings. The van der Waals surface area contributed by atoms with Crippen LogP contribution in [0.4, 0.5) is 4.79 Å². The Kier molecular flexibility index (Phi) is 18.1. The van der Waals surface area contributed by atoms with Crippen LogP contribution in [0.2, 0.25) is 0 Å². The fourth-order valence-corrected chi connectivity index (χ4v) is 8.36. The monoisotopic (exact) mass is 842 g/mol. The number of piperidine rings is 2. The average molecular weight is 844 g/mol. The molecule has 2 aromatic carbocycles. The second-order valence-corrected chi connectivity index (χ2v) is 17.1. The molecule has 2 aliphatic carbocycles. The van der Waals surface area contributed by atoms with Crippen molar-refractivity contribution in [3.63, 3.8) is 0 Å². The Morgan fingerprint density at radius 3 is 1.85 bits per heavy atom. The largest absolute Gasteiger partial charge is 0.444 e. The average Bonchev–Trinajstić information content (AvgIpc) is 3.39. The molecule has 4 N–H and O–H groups in total. The highest BCUT2D eigenvalue weighted by atomic mass is 127. The van der Waals surface area contributed by atoms with E-state index in [0.717, 1.165) is 32.4 Å². The van der Waals surface area contributed by atoms with Crippen molar-refractivity contribution in [2.24, 2.45) is 16.6 Å². The first-order valence-corrected chi connectivity index (χ1v) is 17.2. The normalized spacial score (nSPS) is 22.0. The Morgan fingerprint density at radius 1 is 0.875 bits per heavy atom. The molecule has 0 unspecified atom stereocenters. The Hall–Kier alpha value is -0.950. The number of rotatable bonds is 2. The molecular formula is C37H65Cl2IN4O3S. The lowest BCUT2D eigenvalue weighted by molar-refractivity contribution is 0.00723. The SMILES string of the molecule is C.C.CC(C)(C)OC(=O)N1CCC2(CC1)Cc1ccccc1[C@H]2N[S@](=O)C(C)(C)C.Cl.Cl.I.N[C@@H]1c2ccccc2CC12CCNCC2.[HH]. The van der Waals surface area contributed by atoms with Gasteiger partial charge in [0, 0.05) is 20.6 Å². The minimum Gasteiger partial charge on any atom is -0.444 e. The minimum atomic E-state index is -1.15. The first kappa shape index (κ1) is 47.0. The lowest BCUT2D eigenvalue weighted by Gasteiger charge is -2.44. The molecule has 2 fully saturated rings. The number of likely N-dealkylation sites (tertiary alicyclic amines) is 1. The quantitative estimate of drug-likeness (QED) is 0.263. The number of hydrogen-bond donors (Lipinski definition) is 3. The van der Waals surface area contributed by atoms with Crippen molar-refractivity contribution in [3.05, 3.63) is 70.8 Å². The molecule has 278 valence electrons. The molecule has 1 amide bonds. The van der Waals surface area contributed by atoms with Crippen LogP contribution < -0.4 is 15.8 Å². The number of fused-ring (bicyclic) bond motifs is 2. The third-order valence-electron chi connectivity index (χ3n) is 9.90. The number of nitrogens with two attached hydrogens (primary N) is 1. The Balaban J connectivity index is 0.